The Labute approximate surface area is 103 Å². The zero-order valence-electron chi connectivity index (χ0n) is 9.74. The van der Waals surface area contributed by atoms with Gasteiger partial charge in [0.25, 0.3) is 0 Å². The van der Waals surface area contributed by atoms with Gasteiger partial charge in [0.2, 0.25) is 5.91 Å². The molecule has 1 atom stereocenters. The van der Waals surface area contributed by atoms with E-state index < -0.39 is 10.8 Å². The standard InChI is InChI=1S/C12H16FNO2S/c1-2-6-14-12(15)9-17(16)8-10-4-3-5-11(13)7-10/h3-5,7H,2,6,8-9H2,1H3,(H,14,15)/t17-/m1/s1. The molecule has 0 heterocycles. The zero-order chi connectivity index (χ0) is 12.7. The molecule has 1 aromatic carbocycles. The minimum Gasteiger partial charge on any atom is -0.355 e. The van der Waals surface area contributed by atoms with Crippen molar-refractivity contribution in [1.29, 1.82) is 0 Å². The van der Waals surface area contributed by atoms with Crippen molar-refractivity contribution >= 4 is 16.7 Å². The number of rotatable bonds is 6. The third-order valence-electron chi connectivity index (χ3n) is 2.08. The van der Waals surface area contributed by atoms with E-state index in [1.54, 1.807) is 12.1 Å². The molecule has 1 N–H and O–H groups in total. The summed E-state index contributed by atoms with van der Waals surface area (Å²) < 4.78 is 24.5. The van der Waals surface area contributed by atoms with E-state index >= 15 is 0 Å². The lowest BCUT2D eigenvalue weighted by atomic mass is 10.2. The Balaban J connectivity index is 2.42. The van der Waals surface area contributed by atoms with Gasteiger partial charge in [0.1, 0.15) is 11.6 Å². The summed E-state index contributed by atoms with van der Waals surface area (Å²) in [7, 11) is -1.29. The second kappa shape index (κ2) is 7.17. The number of benzene rings is 1. The third-order valence-corrected chi connectivity index (χ3v) is 3.32. The van der Waals surface area contributed by atoms with E-state index in [9.17, 15) is 13.4 Å². The Morgan fingerprint density at radius 2 is 2.24 bits per heavy atom. The molecule has 0 aliphatic heterocycles. The zero-order valence-corrected chi connectivity index (χ0v) is 10.6. The van der Waals surface area contributed by atoms with Gasteiger partial charge in [0.15, 0.2) is 0 Å². The van der Waals surface area contributed by atoms with Crippen molar-refractivity contribution in [3.8, 4) is 0 Å². The maximum atomic E-state index is 12.9. The van der Waals surface area contributed by atoms with Crippen molar-refractivity contribution < 1.29 is 13.4 Å². The highest BCUT2D eigenvalue weighted by atomic mass is 32.2. The number of carbonyl (C=O) groups is 1. The minimum atomic E-state index is -1.29. The maximum absolute atomic E-state index is 12.9. The Hall–Kier alpha value is -1.23. The summed E-state index contributed by atoms with van der Waals surface area (Å²) >= 11 is 0. The molecule has 17 heavy (non-hydrogen) atoms. The first-order valence-corrected chi connectivity index (χ1v) is 6.96. The number of amides is 1. The number of halogens is 1. The molecule has 0 aliphatic rings. The molecule has 0 aliphatic carbocycles. The third kappa shape index (κ3) is 5.58. The van der Waals surface area contributed by atoms with E-state index in [2.05, 4.69) is 5.32 Å². The number of hydrogen-bond donors (Lipinski definition) is 1. The Kier molecular flexibility index (Phi) is 5.83. The first-order valence-electron chi connectivity index (χ1n) is 5.48. The molecule has 0 aromatic heterocycles. The average Bonchev–Trinajstić information content (AvgIpc) is 2.26. The lowest BCUT2D eigenvalue weighted by Gasteiger charge is -2.04. The van der Waals surface area contributed by atoms with Gasteiger partial charge >= 0.3 is 0 Å². The normalized spacial score (nSPS) is 12.1. The summed E-state index contributed by atoms with van der Waals surface area (Å²) in [5, 5.41) is 2.65. The van der Waals surface area contributed by atoms with E-state index in [4.69, 9.17) is 0 Å². The molecule has 0 bridgehead atoms. The summed E-state index contributed by atoms with van der Waals surface area (Å²) in [6.07, 6.45) is 0.849. The van der Waals surface area contributed by atoms with E-state index in [-0.39, 0.29) is 23.2 Å². The molecule has 94 valence electrons. The van der Waals surface area contributed by atoms with Crippen LogP contribution in [0.15, 0.2) is 24.3 Å². The molecule has 0 fully saturated rings. The first kappa shape index (κ1) is 13.8. The highest BCUT2D eigenvalue weighted by Crippen LogP contribution is 2.06. The lowest BCUT2D eigenvalue weighted by molar-refractivity contribution is -0.118. The maximum Gasteiger partial charge on any atom is 0.232 e. The van der Waals surface area contributed by atoms with E-state index in [1.165, 1.54) is 12.1 Å². The summed E-state index contributed by atoms with van der Waals surface area (Å²) in [4.78, 5) is 11.3. The highest BCUT2D eigenvalue weighted by Gasteiger charge is 2.08. The van der Waals surface area contributed by atoms with Gasteiger partial charge in [-0.3, -0.25) is 9.00 Å². The van der Waals surface area contributed by atoms with Crippen LogP contribution in [0.1, 0.15) is 18.9 Å². The van der Waals surface area contributed by atoms with Crippen molar-refractivity contribution in [2.75, 3.05) is 12.3 Å². The molecule has 0 radical (unpaired) electrons. The largest absolute Gasteiger partial charge is 0.355 e. The fraction of sp³-hybridized carbons (Fsp3) is 0.417. The molecule has 0 spiro atoms. The predicted octanol–water partition coefficient (Wildman–Crippen LogP) is 1.60. The van der Waals surface area contributed by atoms with E-state index in [0.29, 0.717) is 12.1 Å². The summed E-state index contributed by atoms with van der Waals surface area (Å²) in [5.41, 5.74) is 0.645. The van der Waals surface area contributed by atoms with Gasteiger partial charge in [-0.25, -0.2) is 4.39 Å². The Morgan fingerprint density at radius 1 is 1.47 bits per heavy atom. The average molecular weight is 257 g/mol. The van der Waals surface area contributed by atoms with Crippen LogP contribution in [0.5, 0.6) is 0 Å². The van der Waals surface area contributed by atoms with Crippen molar-refractivity contribution in [3.05, 3.63) is 35.6 Å². The van der Waals surface area contributed by atoms with Crippen LogP contribution in [0.3, 0.4) is 0 Å². The number of carbonyl (C=O) groups excluding carboxylic acids is 1. The molecule has 1 rings (SSSR count). The monoisotopic (exact) mass is 257 g/mol. The molecule has 0 saturated carbocycles. The lowest BCUT2D eigenvalue weighted by Crippen LogP contribution is -2.29. The molecule has 0 unspecified atom stereocenters. The van der Waals surface area contributed by atoms with Gasteiger partial charge in [-0.15, -0.1) is 0 Å². The number of nitrogens with one attached hydrogen (secondary N) is 1. The van der Waals surface area contributed by atoms with Gasteiger partial charge < -0.3 is 5.32 Å². The molecule has 0 saturated heterocycles. The van der Waals surface area contributed by atoms with Crippen molar-refractivity contribution in [2.24, 2.45) is 0 Å². The van der Waals surface area contributed by atoms with Crippen LogP contribution < -0.4 is 5.32 Å². The summed E-state index contributed by atoms with van der Waals surface area (Å²) in [5.74, 6) is -0.398. The van der Waals surface area contributed by atoms with Crippen molar-refractivity contribution in [1.82, 2.24) is 5.32 Å². The van der Waals surface area contributed by atoms with Crippen molar-refractivity contribution in [3.63, 3.8) is 0 Å². The Morgan fingerprint density at radius 3 is 2.88 bits per heavy atom. The molecule has 1 aromatic rings. The molecule has 5 heteroatoms. The second-order valence-electron chi connectivity index (χ2n) is 3.71. The highest BCUT2D eigenvalue weighted by molar-refractivity contribution is 7.84. The van der Waals surface area contributed by atoms with Crippen LogP contribution in [0.2, 0.25) is 0 Å². The Bertz CT molecular complexity index is 409. The molecular weight excluding hydrogens is 241 g/mol. The van der Waals surface area contributed by atoms with Crippen molar-refractivity contribution in [2.45, 2.75) is 19.1 Å². The summed E-state index contributed by atoms with van der Waals surface area (Å²) in [6, 6.07) is 5.94. The fourth-order valence-electron chi connectivity index (χ4n) is 1.33. The van der Waals surface area contributed by atoms with Gasteiger partial charge in [0.05, 0.1) is 0 Å². The predicted molar refractivity (Wildman–Crippen MR) is 66.4 cm³/mol. The quantitative estimate of drug-likeness (QED) is 0.841. The molecule has 1 amide bonds. The van der Waals surface area contributed by atoms with E-state index in [0.717, 1.165) is 6.42 Å². The topological polar surface area (TPSA) is 46.2 Å². The van der Waals surface area contributed by atoms with Gasteiger partial charge in [0, 0.05) is 23.1 Å². The smallest absolute Gasteiger partial charge is 0.232 e. The van der Waals surface area contributed by atoms with Crippen LogP contribution in [-0.4, -0.2) is 22.4 Å². The number of hydrogen-bond acceptors (Lipinski definition) is 2. The molecular formula is C12H16FNO2S. The van der Waals surface area contributed by atoms with Crippen LogP contribution in [0, 0.1) is 5.82 Å². The molecule has 3 nitrogen and oxygen atoms in total. The fourth-order valence-corrected chi connectivity index (χ4v) is 2.37. The van der Waals surface area contributed by atoms with Gasteiger partial charge in [-0.1, -0.05) is 19.1 Å². The van der Waals surface area contributed by atoms with Crippen LogP contribution in [-0.2, 0) is 21.3 Å². The van der Waals surface area contributed by atoms with E-state index in [1.807, 2.05) is 6.92 Å². The first-order chi connectivity index (χ1) is 8.11. The van der Waals surface area contributed by atoms with Crippen LogP contribution in [0.4, 0.5) is 4.39 Å². The van der Waals surface area contributed by atoms with Gasteiger partial charge in [-0.05, 0) is 24.1 Å². The van der Waals surface area contributed by atoms with Crippen LogP contribution >= 0.6 is 0 Å². The SMILES string of the molecule is CCCNC(=O)C[S@](=O)Cc1cccc(F)c1. The second-order valence-corrected chi connectivity index (χ2v) is 5.17. The summed E-state index contributed by atoms with van der Waals surface area (Å²) in [6.45, 7) is 2.54. The minimum absolute atomic E-state index is 0.0312. The van der Waals surface area contributed by atoms with Gasteiger partial charge in [-0.2, -0.15) is 0 Å². The van der Waals surface area contributed by atoms with Crippen LogP contribution in [0.25, 0.3) is 0 Å².